The first-order chi connectivity index (χ1) is 9.69. The van der Waals surface area contributed by atoms with Gasteiger partial charge in [0, 0.05) is 23.5 Å². The van der Waals surface area contributed by atoms with Crippen molar-refractivity contribution in [1.29, 1.82) is 0 Å². The molecule has 0 fully saturated rings. The standard InChI is InChI=1S/C14H12ClN3O2/c1-16-13-9-5-10(15)12(6-11(9)18-14(13)19)20-8-3-2-4-17-7-8/h2-7,13,16H,1H3,(H,18,19). The lowest BCUT2D eigenvalue weighted by Crippen LogP contribution is -2.23. The Balaban J connectivity index is 1.96. The van der Waals surface area contributed by atoms with Crippen LogP contribution in [0.3, 0.4) is 0 Å². The second-order valence-electron chi connectivity index (χ2n) is 4.37. The number of pyridine rings is 1. The summed E-state index contributed by atoms with van der Waals surface area (Å²) in [4.78, 5) is 15.7. The van der Waals surface area contributed by atoms with Crippen molar-refractivity contribution < 1.29 is 9.53 Å². The lowest BCUT2D eigenvalue weighted by molar-refractivity contribution is -0.117. The maximum Gasteiger partial charge on any atom is 0.246 e. The number of hydrogen-bond donors (Lipinski definition) is 2. The zero-order valence-corrected chi connectivity index (χ0v) is 11.4. The van der Waals surface area contributed by atoms with Gasteiger partial charge in [-0.15, -0.1) is 0 Å². The van der Waals surface area contributed by atoms with Gasteiger partial charge in [0.25, 0.3) is 0 Å². The SMILES string of the molecule is CNC1C(=O)Nc2cc(Oc3cccnc3)c(Cl)cc21. The summed E-state index contributed by atoms with van der Waals surface area (Å²) < 4.78 is 5.67. The quantitative estimate of drug-likeness (QED) is 0.912. The zero-order valence-electron chi connectivity index (χ0n) is 10.7. The lowest BCUT2D eigenvalue weighted by Gasteiger charge is -2.11. The fourth-order valence-electron chi connectivity index (χ4n) is 2.16. The number of ether oxygens (including phenoxy) is 1. The van der Waals surface area contributed by atoms with Crippen molar-refractivity contribution in [2.75, 3.05) is 12.4 Å². The summed E-state index contributed by atoms with van der Waals surface area (Å²) in [6, 6.07) is 6.64. The van der Waals surface area contributed by atoms with Gasteiger partial charge in [0.2, 0.25) is 5.91 Å². The fraction of sp³-hybridized carbons (Fsp3) is 0.143. The number of rotatable bonds is 3. The maximum atomic E-state index is 11.8. The molecule has 1 amide bonds. The minimum atomic E-state index is -0.380. The summed E-state index contributed by atoms with van der Waals surface area (Å²) in [6.45, 7) is 0. The number of anilines is 1. The molecule has 0 saturated heterocycles. The van der Waals surface area contributed by atoms with Crippen LogP contribution in [0.15, 0.2) is 36.7 Å². The molecule has 2 N–H and O–H groups in total. The van der Waals surface area contributed by atoms with Gasteiger partial charge in [-0.3, -0.25) is 9.78 Å². The molecule has 0 aliphatic carbocycles. The van der Waals surface area contributed by atoms with Gasteiger partial charge in [-0.25, -0.2) is 0 Å². The summed E-state index contributed by atoms with van der Waals surface area (Å²) in [5.74, 6) is 0.969. The van der Waals surface area contributed by atoms with Crippen LogP contribution in [0.1, 0.15) is 11.6 Å². The van der Waals surface area contributed by atoms with Crippen LogP contribution in [0, 0.1) is 0 Å². The van der Waals surface area contributed by atoms with Crippen molar-refractivity contribution in [3.8, 4) is 11.5 Å². The second-order valence-corrected chi connectivity index (χ2v) is 4.78. The molecule has 1 aromatic heterocycles. The number of fused-ring (bicyclic) bond motifs is 1. The van der Waals surface area contributed by atoms with Gasteiger partial charge in [-0.1, -0.05) is 11.6 Å². The molecule has 0 radical (unpaired) electrons. The average Bonchev–Trinajstić information content (AvgIpc) is 2.75. The zero-order chi connectivity index (χ0) is 14.1. The molecule has 1 atom stereocenters. The van der Waals surface area contributed by atoms with Crippen LogP contribution in [0.2, 0.25) is 5.02 Å². The van der Waals surface area contributed by atoms with E-state index in [1.165, 1.54) is 0 Å². The number of nitrogens with one attached hydrogen (secondary N) is 2. The summed E-state index contributed by atoms with van der Waals surface area (Å²) in [7, 11) is 1.73. The topological polar surface area (TPSA) is 63.2 Å². The number of carbonyl (C=O) groups excluding carboxylic acids is 1. The molecule has 2 heterocycles. The smallest absolute Gasteiger partial charge is 0.246 e. The summed E-state index contributed by atoms with van der Waals surface area (Å²) in [6.07, 6.45) is 3.26. The molecular weight excluding hydrogens is 278 g/mol. The van der Waals surface area contributed by atoms with Crippen LogP contribution < -0.4 is 15.4 Å². The van der Waals surface area contributed by atoms with Gasteiger partial charge < -0.3 is 15.4 Å². The minimum Gasteiger partial charge on any atom is -0.454 e. The Hall–Kier alpha value is -2.11. The normalized spacial score (nSPS) is 16.7. The predicted molar refractivity (Wildman–Crippen MR) is 76.2 cm³/mol. The van der Waals surface area contributed by atoms with Gasteiger partial charge >= 0.3 is 0 Å². The number of carbonyl (C=O) groups is 1. The molecule has 0 spiro atoms. The summed E-state index contributed by atoms with van der Waals surface area (Å²) in [5.41, 5.74) is 1.53. The first-order valence-electron chi connectivity index (χ1n) is 6.08. The van der Waals surface area contributed by atoms with Gasteiger partial charge in [-0.05, 0) is 25.2 Å². The monoisotopic (exact) mass is 289 g/mol. The Morgan fingerprint density at radius 3 is 3.00 bits per heavy atom. The highest BCUT2D eigenvalue weighted by atomic mass is 35.5. The van der Waals surface area contributed by atoms with Crippen LogP contribution in [0.5, 0.6) is 11.5 Å². The third kappa shape index (κ3) is 2.21. The molecule has 1 unspecified atom stereocenters. The Morgan fingerprint density at radius 1 is 1.45 bits per heavy atom. The summed E-state index contributed by atoms with van der Waals surface area (Å²) >= 11 is 6.22. The predicted octanol–water partition coefficient (Wildman–Crippen LogP) is 2.74. The molecule has 6 heteroatoms. The minimum absolute atomic E-state index is 0.0999. The third-order valence-corrected chi connectivity index (χ3v) is 3.38. The third-order valence-electron chi connectivity index (χ3n) is 3.09. The van der Waals surface area contributed by atoms with Crippen molar-refractivity contribution >= 4 is 23.2 Å². The molecule has 20 heavy (non-hydrogen) atoms. The molecule has 5 nitrogen and oxygen atoms in total. The van der Waals surface area contributed by atoms with Crippen molar-refractivity contribution in [3.63, 3.8) is 0 Å². The molecule has 0 saturated carbocycles. The van der Waals surface area contributed by atoms with Crippen LogP contribution in [0.25, 0.3) is 0 Å². The van der Waals surface area contributed by atoms with Crippen LogP contribution >= 0.6 is 11.6 Å². The van der Waals surface area contributed by atoms with Gasteiger partial charge in [0.1, 0.15) is 17.5 Å². The van der Waals surface area contributed by atoms with Gasteiger partial charge in [-0.2, -0.15) is 0 Å². The molecule has 0 bridgehead atoms. The molecule has 2 aromatic rings. The van der Waals surface area contributed by atoms with Crippen LogP contribution in [-0.2, 0) is 4.79 Å². The number of nitrogens with zero attached hydrogens (tertiary/aromatic N) is 1. The van der Waals surface area contributed by atoms with Gasteiger partial charge in [0.05, 0.1) is 11.2 Å². The van der Waals surface area contributed by atoms with E-state index < -0.39 is 0 Å². The van der Waals surface area contributed by atoms with Crippen molar-refractivity contribution in [2.45, 2.75) is 6.04 Å². The number of amides is 1. The lowest BCUT2D eigenvalue weighted by atomic mass is 10.1. The molecule has 3 rings (SSSR count). The van der Waals surface area contributed by atoms with Gasteiger partial charge in [0.15, 0.2) is 0 Å². The van der Waals surface area contributed by atoms with E-state index in [-0.39, 0.29) is 11.9 Å². The Bertz CT molecular complexity index is 661. The highest BCUT2D eigenvalue weighted by Gasteiger charge is 2.30. The number of benzene rings is 1. The van der Waals surface area contributed by atoms with Crippen molar-refractivity contribution in [2.24, 2.45) is 0 Å². The average molecular weight is 290 g/mol. The number of aromatic nitrogens is 1. The van der Waals surface area contributed by atoms with E-state index in [2.05, 4.69) is 15.6 Å². The van der Waals surface area contributed by atoms with E-state index in [4.69, 9.17) is 16.3 Å². The van der Waals surface area contributed by atoms with E-state index in [9.17, 15) is 4.79 Å². The van der Waals surface area contributed by atoms with E-state index in [0.717, 1.165) is 5.56 Å². The van der Waals surface area contributed by atoms with Crippen LogP contribution in [-0.4, -0.2) is 17.9 Å². The van der Waals surface area contributed by atoms with Crippen LogP contribution in [0.4, 0.5) is 5.69 Å². The molecular formula is C14H12ClN3O2. The highest BCUT2D eigenvalue weighted by Crippen LogP contribution is 2.39. The Labute approximate surface area is 120 Å². The maximum absolute atomic E-state index is 11.8. The van der Waals surface area contributed by atoms with E-state index in [0.29, 0.717) is 22.2 Å². The van der Waals surface area contributed by atoms with E-state index in [1.807, 2.05) is 0 Å². The van der Waals surface area contributed by atoms with Crippen molar-refractivity contribution in [1.82, 2.24) is 10.3 Å². The first kappa shape index (κ1) is 12.9. The highest BCUT2D eigenvalue weighted by molar-refractivity contribution is 6.32. The van der Waals surface area contributed by atoms with E-state index >= 15 is 0 Å². The summed E-state index contributed by atoms with van der Waals surface area (Å²) in [5, 5.41) is 6.19. The molecule has 1 aliphatic heterocycles. The van der Waals surface area contributed by atoms with Crippen molar-refractivity contribution in [3.05, 3.63) is 47.2 Å². The fourth-order valence-corrected chi connectivity index (χ4v) is 2.37. The largest absolute Gasteiger partial charge is 0.454 e. The number of likely N-dealkylation sites (N-methyl/N-ethyl adjacent to an activating group) is 1. The second kappa shape index (κ2) is 5.11. The Kier molecular flexibility index (Phi) is 3.30. The molecule has 1 aliphatic rings. The molecule has 1 aromatic carbocycles. The Morgan fingerprint density at radius 2 is 2.30 bits per heavy atom. The van der Waals surface area contributed by atoms with E-state index in [1.54, 1.807) is 43.7 Å². The number of halogens is 1. The molecule has 102 valence electrons. The first-order valence-corrected chi connectivity index (χ1v) is 6.46. The number of hydrogen-bond acceptors (Lipinski definition) is 4.